The van der Waals surface area contributed by atoms with Crippen LogP contribution in [-0.4, -0.2) is 78.4 Å². The number of rotatable bonds is 8. The van der Waals surface area contributed by atoms with Gasteiger partial charge in [0.1, 0.15) is 18.2 Å². The zero-order valence-electron chi connectivity index (χ0n) is 9.58. The molecule has 19 heavy (non-hydrogen) atoms. The van der Waals surface area contributed by atoms with Gasteiger partial charge in [-0.25, -0.2) is 0 Å². The molecule has 110 valence electrons. The maximum Gasteiger partial charge on any atom is 0.411 e. The fourth-order valence-electron chi connectivity index (χ4n) is 1.05. The largest absolute Gasteiger partial charge is 0.411 e. The average molecular weight is 300 g/mol. The molecule has 0 fully saturated rings. The minimum atomic E-state index is -4.53. The van der Waals surface area contributed by atoms with Crippen LogP contribution in [0, 0.1) is 0 Å². The molecule has 11 heteroatoms. The van der Waals surface area contributed by atoms with E-state index in [0.717, 1.165) is 0 Å². The quantitative estimate of drug-likeness (QED) is 0.130. The molecule has 0 aromatic heterocycles. The molecule has 0 aliphatic carbocycles. The molecule has 0 aromatic carbocycles. The van der Waals surface area contributed by atoms with Crippen LogP contribution in [-0.2, 0) is 14.4 Å². The normalized spacial score (nSPS) is 16.6. The van der Waals surface area contributed by atoms with E-state index in [4.69, 9.17) is 30.6 Å². The van der Waals surface area contributed by atoms with Crippen LogP contribution in [0.5, 0.6) is 0 Å². The Kier molecular flexibility index (Phi) is 6.77. The summed E-state index contributed by atoms with van der Waals surface area (Å²) in [6, 6.07) is -2.14. The number of hydrogen-bond acceptors (Lipinski definition) is 10. The van der Waals surface area contributed by atoms with Crippen LogP contribution >= 0.6 is 7.94 Å². The third kappa shape index (κ3) is 5.76. The fourth-order valence-corrected chi connectivity index (χ4v) is 1.59. The Balaban J connectivity index is 4.74. The Hall–Kier alpha value is -0.840. The molecule has 0 saturated heterocycles. The Labute approximate surface area is 107 Å². The number of nitrogens with two attached hydrogens (primary N) is 1. The van der Waals surface area contributed by atoms with Crippen molar-refractivity contribution < 1.29 is 44.4 Å². The molecule has 0 spiro atoms. The van der Waals surface area contributed by atoms with Gasteiger partial charge in [0.25, 0.3) is 0 Å². The highest BCUT2D eigenvalue weighted by molar-refractivity contribution is 7.59. The molecule has 8 N–H and O–H groups in total. The van der Waals surface area contributed by atoms with Crippen molar-refractivity contribution in [2.45, 2.75) is 18.2 Å². The lowest BCUT2D eigenvalue weighted by Crippen LogP contribution is -2.51. The molecular weight excluding hydrogens is 285 g/mol. The van der Waals surface area contributed by atoms with Crippen molar-refractivity contribution in [3.05, 3.63) is 0 Å². The Morgan fingerprint density at radius 3 is 1.95 bits per heavy atom. The Morgan fingerprint density at radius 2 is 1.58 bits per heavy atom. The Bertz CT molecular complexity index is 366. The van der Waals surface area contributed by atoms with Crippen molar-refractivity contribution in [2.24, 2.45) is 5.73 Å². The van der Waals surface area contributed by atoms with E-state index in [1.54, 1.807) is 0 Å². The summed E-state index contributed by atoms with van der Waals surface area (Å²) >= 11 is 0. The molecule has 3 atom stereocenters. The van der Waals surface area contributed by atoms with Gasteiger partial charge in [0.15, 0.2) is 5.78 Å². The predicted octanol–water partition coefficient (Wildman–Crippen LogP) is -4.53. The standard InChI is InChI=1S/C8H15NO9P/c9-5(8(15)7(14)3(11)1-10)6(13)4(12)2-19(16,17)18/h3,5,7,10-11,14,16-18H,1-2,9H2/q+1/t3-,5+,7-/m1/s1. The third-order valence-electron chi connectivity index (χ3n) is 2.06. The number of Topliss-reactive ketones (excluding diaryl/α,β-unsaturated/α-hetero) is 3. The van der Waals surface area contributed by atoms with E-state index in [1.165, 1.54) is 0 Å². The number of hydrogen-bond donors (Lipinski definition) is 7. The molecule has 0 aromatic rings. The SMILES string of the molecule is N[C@@H](C(=O)C(=O)C[P+](O)(O)O)C(=O)[C@H](O)[C@H](O)CO. The molecule has 0 aliphatic rings. The summed E-state index contributed by atoms with van der Waals surface area (Å²) in [6.45, 7) is -0.972. The number of aliphatic hydroxyl groups excluding tert-OH is 3. The summed E-state index contributed by atoms with van der Waals surface area (Å²) in [5, 5.41) is 26.6. The van der Waals surface area contributed by atoms with Crippen molar-refractivity contribution in [3.8, 4) is 0 Å². The van der Waals surface area contributed by atoms with Crippen LogP contribution in [0.3, 0.4) is 0 Å². The number of carbonyl (C=O) groups is 3. The molecule has 0 unspecified atom stereocenters. The summed E-state index contributed by atoms with van der Waals surface area (Å²) in [4.78, 5) is 59.6. The van der Waals surface area contributed by atoms with E-state index in [0.29, 0.717) is 0 Å². The van der Waals surface area contributed by atoms with Crippen molar-refractivity contribution >= 4 is 25.3 Å². The second kappa shape index (κ2) is 7.08. The van der Waals surface area contributed by atoms with Gasteiger partial charge < -0.3 is 21.1 Å². The lowest BCUT2D eigenvalue weighted by atomic mass is 9.99. The highest BCUT2D eigenvalue weighted by Crippen LogP contribution is 2.43. The van der Waals surface area contributed by atoms with Gasteiger partial charge in [0.05, 0.1) is 6.61 Å². The number of aliphatic hydroxyl groups is 3. The fraction of sp³-hybridized carbons (Fsp3) is 0.625. The average Bonchev–Trinajstić information content (AvgIpc) is 2.31. The van der Waals surface area contributed by atoms with Crippen molar-refractivity contribution in [1.29, 1.82) is 0 Å². The minimum absolute atomic E-state index is 0.972. The maximum atomic E-state index is 11.4. The van der Waals surface area contributed by atoms with E-state index < -0.39 is 56.3 Å². The summed E-state index contributed by atoms with van der Waals surface area (Å²) in [5.74, 6) is -4.49. The first-order valence-electron chi connectivity index (χ1n) is 4.91. The first-order valence-corrected chi connectivity index (χ1v) is 6.74. The van der Waals surface area contributed by atoms with Crippen molar-refractivity contribution in [1.82, 2.24) is 0 Å². The molecule has 0 saturated carbocycles. The summed E-state index contributed by atoms with van der Waals surface area (Å²) in [7, 11) is -4.53. The van der Waals surface area contributed by atoms with Crippen LogP contribution in [0.4, 0.5) is 0 Å². The highest BCUT2D eigenvalue weighted by atomic mass is 31.2. The van der Waals surface area contributed by atoms with Gasteiger partial charge in [0, 0.05) is 0 Å². The van der Waals surface area contributed by atoms with Crippen LogP contribution < -0.4 is 5.73 Å². The molecule has 0 rings (SSSR count). The van der Waals surface area contributed by atoms with Gasteiger partial charge in [-0.15, -0.1) is 0 Å². The maximum absolute atomic E-state index is 11.4. The second-order valence-electron chi connectivity index (χ2n) is 3.71. The van der Waals surface area contributed by atoms with E-state index >= 15 is 0 Å². The van der Waals surface area contributed by atoms with Crippen molar-refractivity contribution in [2.75, 3.05) is 12.8 Å². The smallest absolute Gasteiger partial charge is 0.394 e. The lowest BCUT2D eigenvalue weighted by molar-refractivity contribution is -0.144. The van der Waals surface area contributed by atoms with Gasteiger partial charge in [-0.05, 0) is 0 Å². The molecule has 0 radical (unpaired) electrons. The molecule has 0 aliphatic heterocycles. The molecule has 0 heterocycles. The van der Waals surface area contributed by atoms with Gasteiger partial charge in [-0.2, -0.15) is 14.7 Å². The molecule has 10 nitrogen and oxygen atoms in total. The number of carbonyl (C=O) groups excluding carboxylic acids is 3. The lowest BCUT2D eigenvalue weighted by Gasteiger charge is -2.17. The van der Waals surface area contributed by atoms with Gasteiger partial charge >= 0.3 is 7.94 Å². The van der Waals surface area contributed by atoms with Crippen LogP contribution in [0.1, 0.15) is 0 Å². The predicted molar refractivity (Wildman–Crippen MR) is 60.5 cm³/mol. The monoisotopic (exact) mass is 300 g/mol. The summed E-state index contributed by atoms with van der Waals surface area (Å²) < 4.78 is 0. The Morgan fingerprint density at radius 1 is 1.11 bits per heavy atom. The minimum Gasteiger partial charge on any atom is -0.394 e. The van der Waals surface area contributed by atoms with E-state index in [9.17, 15) is 19.5 Å². The molecular formula is C8H15NO9P+. The van der Waals surface area contributed by atoms with E-state index in [1.807, 2.05) is 0 Å². The summed E-state index contributed by atoms with van der Waals surface area (Å²) in [5.41, 5.74) is 5.07. The summed E-state index contributed by atoms with van der Waals surface area (Å²) in [6.07, 6.45) is -5.35. The van der Waals surface area contributed by atoms with E-state index in [2.05, 4.69) is 0 Å². The van der Waals surface area contributed by atoms with Crippen LogP contribution in [0.25, 0.3) is 0 Å². The second-order valence-corrected chi connectivity index (χ2v) is 5.41. The number of ketones is 3. The zero-order chi connectivity index (χ0) is 15.4. The van der Waals surface area contributed by atoms with Gasteiger partial charge in [0.2, 0.25) is 17.7 Å². The van der Waals surface area contributed by atoms with Gasteiger partial charge in [-0.3, -0.25) is 14.4 Å². The van der Waals surface area contributed by atoms with Crippen LogP contribution in [0.15, 0.2) is 0 Å². The van der Waals surface area contributed by atoms with Gasteiger partial charge in [-0.1, -0.05) is 0 Å². The van der Waals surface area contributed by atoms with Crippen LogP contribution in [0.2, 0.25) is 0 Å². The van der Waals surface area contributed by atoms with Crippen molar-refractivity contribution in [3.63, 3.8) is 0 Å². The molecule has 0 bridgehead atoms. The van der Waals surface area contributed by atoms with E-state index in [-0.39, 0.29) is 0 Å². The zero-order valence-corrected chi connectivity index (χ0v) is 10.5. The highest BCUT2D eigenvalue weighted by Gasteiger charge is 2.41. The first kappa shape index (κ1) is 18.2. The molecule has 0 amide bonds. The third-order valence-corrected chi connectivity index (χ3v) is 2.77. The topological polar surface area (TPSA) is 199 Å². The first-order chi connectivity index (χ1) is 8.51.